The Labute approximate surface area is 173 Å². The van der Waals surface area contributed by atoms with E-state index >= 15 is 0 Å². The summed E-state index contributed by atoms with van der Waals surface area (Å²) in [6.07, 6.45) is 10.1. The number of fused-ring (bicyclic) bond motifs is 10. The first-order valence-electron chi connectivity index (χ1n) is 10.8. The van der Waals surface area contributed by atoms with Crippen molar-refractivity contribution in [3.63, 3.8) is 0 Å². The zero-order valence-corrected chi connectivity index (χ0v) is 16.2. The number of hydrogen-bond acceptors (Lipinski definition) is 4. The van der Waals surface area contributed by atoms with Crippen molar-refractivity contribution in [2.75, 3.05) is 9.80 Å². The van der Waals surface area contributed by atoms with Crippen LogP contribution in [0.3, 0.4) is 0 Å². The zero-order valence-electron chi connectivity index (χ0n) is 16.2. The molecule has 0 spiro atoms. The first-order chi connectivity index (χ1) is 14.5. The maximum absolute atomic E-state index is 13.0. The Balaban J connectivity index is 1.18. The van der Waals surface area contributed by atoms with E-state index in [2.05, 4.69) is 24.3 Å². The van der Waals surface area contributed by atoms with Gasteiger partial charge in [-0.3, -0.25) is 29.0 Å². The number of allylic oxidation sites excluding steroid dienone is 4. The highest BCUT2D eigenvalue weighted by Crippen LogP contribution is 2.54. The first-order valence-corrected chi connectivity index (χ1v) is 10.8. The van der Waals surface area contributed by atoms with Crippen LogP contribution in [0.5, 0.6) is 0 Å². The van der Waals surface area contributed by atoms with Crippen LogP contribution >= 0.6 is 0 Å². The molecule has 4 amide bonds. The summed E-state index contributed by atoms with van der Waals surface area (Å²) >= 11 is 0. The normalized spacial score (nSPS) is 42.3. The van der Waals surface area contributed by atoms with Crippen molar-refractivity contribution in [1.29, 1.82) is 0 Å². The van der Waals surface area contributed by atoms with Crippen LogP contribution in [-0.2, 0) is 19.2 Å². The van der Waals surface area contributed by atoms with Crippen molar-refractivity contribution in [3.8, 4) is 0 Å². The second-order valence-electron chi connectivity index (χ2n) is 9.54. The standard InChI is InChI=1S/C24H20N2O4/c27-21-17-11-1-2-12(9-11)18(17)22(28)25(21)15-5-7-16(8-6-15)26-23(29)19-13-3-4-14(10-13)20(19)24(26)30/h1-8,11-14,17-20H,9-10H2. The highest BCUT2D eigenvalue weighted by molar-refractivity contribution is 6.24. The summed E-state index contributed by atoms with van der Waals surface area (Å²) in [6, 6.07) is 6.73. The molecule has 2 saturated heterocycles. The average Bonchev–Trinajstić information content (AvgIpc) is 3.56. The van der Waals surface area contributed by atoms with Gasteiger partial charge in [0.05, 0.1) is 35.0 Å². The van der Waals surface area contributed by atoms with Crippen molar-refractivity contribution in [3.05, 3.63) is 48.6 Å². The van der Waals surface area contributed by atoms with Gasteiger partial charge in [-0.2, -0.15) is 0 Å². The summed E-state index contributed by atoms with van der Waals surface area (Å²) in [5.41, 5.74) is 1.03. The van der Waals surface area contributed by atoms with Gasteiger partial charge in [0, 0.05) is 0 Å². The molecule has 0 N–H and O–H groups in total. The summed E-state index contributed by atoms with van der Waals surface area (Å²) in [4.78, 5) is 54.6. The third-order valence-corrected chi connectivity index (χ3v) is 8.31. The van der Waals surface area contributed by atoms with Crippen molar-refractivity contribution >= 4 is 35.0 Å². The summed E-state index contributed by atoms with van der Waals surface area (Å²) in [7, 11) is 0. The first kappa shape index (κ1) is 16.7. The number of nitrogens with zero attached hydrogens (tertiary/aromatic N) is 2. The number of rotatable bonds is 2. The molecule has 8 unspecified atom stereocenters. The molecule has 150 valence electrons. The van der Waals surface area contributed by atoms with Crippen LogP contribution in [0.4, 0.5) is 11.4 Å². The molecule has 30 heavy (non-hydrogen) atoms. The number of carbonyl (C=O) groups excluding carboxylic acids is 4. The largest absolute Gasteiger partial charge is 0.274 e. The highest BCUT2D eigenvalue weighted by Gasteiger charge is 2.61. The molecule has 0 aromatic heterocycles. The molecule has 2 aliphatic heterocycles. The minimum Gasteiger partial charge on any atom is -0.274 e. The van der Waals surface area contributed by atoms with E-state index in [0.29, 0.717) is 11.4 Å². The molecule has 0 radical (unpaired) electrons. The van der Waals surface area contributed by atoms with Gasteiger partial charge < -0.3 is 0 Å². The lowest BCUT2D eigenvalue weighted by Gasteiger charge is -2.20. The topological polar surface area (TPSA) is 74.8 Å². The lowest BCUT2D eigenvalue weighted by Crippen LogP contribution is -2.34. The second kappa shape index (κ2) is 5.36. The Kier molecular flexibility index (Phi) is 2.99. The molecule has 1 aromatic carbocycles. The summed E-state index contributed by atoms with van der Waals surface area (Å²) in [5, 5.41) is 0. The van der Waals surface area contributed by atoms with Gasteiger partial charge >= 0.3 is 0 Å². The van der Waals surface area contributed by atoms with E-state index in [4.69, 9.17) is 0 Å². The number of amides is 4. The fourth-order valence-corrected chi connectivity index (χ4v) is 7.06. The van der Waals surface area contributed by atoms with E-state index in [1.807, 2.05) is 0 Å². The highest BCUT2D eigenvalue weighted by atomic mass is 16.2. The SMILES string of the molecule is O=C1C2C3C=CC(C3)C2C(=O)N1c1ccc(N2C(=O)C3C4C=CC(C4)C3C2=O)cc1. The van der Waals surface area contributed by atoms with E-state index in [-0.39, 0.29) is 71.0 Å². The quantitative estimate of drug-likeness (QED) is 0.564. The van der Waals surface area contributed by atoms with Crippen LogP contribution in [-0.4, -0.2) is 23.6 Å². The Hall–Kier alpha value is -3.02. The van der Waals surface area contributed by atoms with Gasteiger partial charge in [-0.25, -0.2) is 0 Å². The average molecular weight is 400 g/mol. The molecule has 1 aromatic rings. The van der Waals surface area contributed by atoms with E-state index in [1.54, 1.807) is 24.3 Å². The van der Waals surface area contributed by atoms with Crippen LogP contribution in [0.2, 0.25) is 0 Å². The Morgan fingerprint density at radius 3 is 1.03 bits per heavy atom. The van der Waals surface area contributed by atoms with E-state index in [1.165, 1.54) is 9.80 Å². The van der Waals surface area contributed by atoms with Gasteiger partial charge in [0.2, 0.25) is 23.6 Å². The summed E-state index contributed by atoms with van der Waals surface area (Å²) in [5.74, 6) is -0.777. The zero-order chi connectivity index (χ0) is 20.3. The number of anilines is 2. The molecule has 6 heteroatoms. The maximum atomic E-state index is 13.0. The maximum Gasteiger partial charge on any atom is 0.238 e. The fourth-order valence-electron chi connectivity index (χ4n) is 7.06. The molecule has 2 heterocycles. The van der Waals surface area contributed by atoms with Gasteiger partial charge in [0.25, 0.3) is 0 Å². The Morgan fingerprint density at radius 1 is 0.500 bits per heavy atom. The predicted molar refractivity (Wildman–Crippen MR) is 107 cm³/mol. The molecule has 4 bridgehead atoms. The number of hydrogen-bond donors (Lipinski definition) is 0. The molecule has 2 saturated carbocycles. The smallest absolute Gasteiger partial charge is 0.238 e. The monoisotopic (exact) mass is 400 g/mol. The number of benzene rings is 1. The molecular weight excluding hydrogens is 380 g/mol. The molecule has 7 rings (SSSR count). The third-order valence-electron chi connectivity index (χ3n) is 8.31. The fraction of sp³-hybridized carbons (Fsp3) is 0.417. The number of imide groups is 2. The minimum absolute atomic E-state index is 0.125. The Morgan fingerprint density at radius 2 is 0.767 bits per heavy atom. The minimum atomic E-state index is -0.240. The van der Waals surface area contributed by atoms with E-state index in [0.717, 1.165) is 12.8 Å². The van der Waals surface area contributed by atoms with Crippen LogP contribution in [0.25, 0.3) is 0 Å². The van der Waals surface area contributed by atoms with Crippen molar-refractivity contribution in [1.82, 2.24) is 0 Å². The van der Waals surface area contributed by atoms with Crippen LogP contribution < -0.4 is 9.80 Å². The molecular formula is C24H20N2O4. The lowest BCUT2D eigenvalue weighted by molar-refractivity contribution is -0.124. The summed E-state index contributed by atoms with van der Waals surface area (Å²) < 4.78 is 0. The van der Waals surface area contributed by atoms with Gasteiger partial charge in [0.1, 0.15) is 0 Å². The van der Waals surface area contributed by atoms with Crippen LogP contribution in [0, 0.1) is 47.3 Å². The van der Waals surface area contributed by atoms with Crippen molar-refractivity contribution in [2.45, 2.75) is 12.8 Å². The van der Waals surface area contributed by atoms with Crippen LogP contribution in [0.1, 0.15) is 12.8 Å². The summed E-state index contributed by atoms with van der Waals surface area (Å²) in [6.45, 7) is 0. The van der Waals surface area contributed by atoms with Crippen molar-refractivity contribution in [2.24, 2.45) is 47.3 Å². The van der Waals surface area contributed by atoms with E-state index in [9.17, 15) is 19.2 Å². The predicted octanol–water partition coefficient (Wildman–Crippen LogP) is 2.31. The third kappa shape index (κ3) is 1.81. The van der Waals surface area contributed by atoms with Gasteiger partial charge in [0.15, 0.2) is 0 Å². The van der Waals surface area contributed by atoms with Gasteiger partial charge in [-0.15, -0.1) is 0 Å². The molecule has 6 nitrogen and oxygen atoms in total. The number of carbonyl (C=O) groups is 4. The Bertz CT molecular complexity index is 956. The molecule has 8 atom stereocenters. The van der Waals surface area contributed by atoms with Gasteiger partial charge in [-0.05, 0) is 60.8 Å². The van der Waals surface area contributed by atoms with E-state index < -0.39 is 0 Å². The van der Waals surface area contributed by atoms with Crippen molar-refractivity contribution < 1.29 is 19.2 Å². The van der Waals surface area contributed by atoms with Crippen LogP contribution in [0.15, 0.2) is 48.6 Å². The molecule has 6 aliphatic rings. The second-order valence-corrected chi connectivity index (χ2v) is 9.54. The van der Waals surface area contributed by atoms with Gasteiger partial charge in [-0.1, -0.05) is 24.3 Å². The molecule has 4 aliphatic carbocycles. The lowest BCUT2D eigenvalue weighted by atomic mass is 9.85. The molecule has 4 fully saturated rings.